The molecule has 0 fully saturated rings. The van der Waals surface area contributed by atoms with E-state index in [4.69, 9.17) is 10.5 Å². The fourth-order valence-corrected chi connectivity index (χ4v) is 1.21. The molecular formula is C11H23N3O3. The summed E-state index contributed by atoms with van der Waals surface area (Å²) in [6.45, 7) is 4.74. The van der Waals surface area contributed by atoms with Crippen LogP contribution >= 0.6 is 0 Å². The lowest BCUT2D eigenvalue weighted by molar-refractivity contribution is -0.142. The molecule has 0 aromatic rings. The van der Waals surface area contributed by atoms with Crippen molar-refractivity contribution in [3.05, 3.63) is 0 Å². The van der Waals surface area contributed by atoms with Crippen molar-refractivity contribution in [1.29, 1.82) is 0 Å². The molecular weight excluding hydrogens is 222 g/mol. The number of likely N-dealkylation sites (N-methyl/N-ethyl adjacent to an activating group) is 1. The zero-order chi connectivity index (χ0) is 13.4. The molecule has 0 aliphatic rings. The van der Waals surface area contributed by atoms with Gasteiger partial charge in [0.1, 0.15) is 6.10 Å². The number of nitrogens with one attached hydrogen (secondary N) is 1. The van der Waals surface area contributed by atoms with E-state index in [-0.39, 0.29) is 24.9 Å². The number of rotatable bonds is 7. The quantitative estimate of drug-likeness (QED) is 0.614. The van der Waals surface area contributed by atoms with Crippen LogP contribution in [0.2, 0.25) is 0 Å². The van der Waals surface area contributed by atoms with E-state index in [1.54, 1.807) is 7.05 Å². The SMILES string of the molecule is COC(CN)C(=O)N(C)CC(=O)NCC(C)C. The topological polar surface area (TPSA) is 84.7 Å². The fraction of sp³-hybridized carbons (Fsp3) is 0.818. The Morgan fingerprint density at radius 3 is 2.41 bits per heavy atom. The highest BCUT2D eigenvalue weighted by Gasteiger charge is 2.21. The Labute approximate surface area is 102 Å². The number of amides is 2. The van der Waals surface area contributed by atoms with Crippen LogP contribution in [0, 0.1) is 5.92 Å². The molecule has 0 radical (unpaired) electrons. The molecule has 0 spiro atoms. The van der Waals surface area contributed by atoms with Crippen LogP contribution in [0.3, 0.4) is 0 Å². The fourth-order valence-electron chi connectivity index (χ4n) is 1.21. The average Bonchev–Trinajstić information content (AvgIpc) is 2.27. The standard InChI is InChI=1S/C11H23N3O3/c1-8(2)6-13-10(15)7-14(3)11(16)9(5-12)17-4/h8-9H,5-7,12H2,1-4H3,(H,13,15). The third-order valence-electron chi connectivity index (χ3n) is 2.24. The first kappa shape index (κ1) is 15.9. The Kier molecular flexibility index (Phi) is 7.49. The van der Waals surface area contributed by atoms with Gasteiger partial charge in [0.2, 0.25) is 5.91 Å². The smallest absolute Gasteiger partial charge is 0.253 e. The molecule has 0 bridgehead atoms. The Morgan fingerprint density at radius 1 is 1.41 bits per heavy atom. The molecule has 0 saturated carbocycles. The summed E-state index contributed by atoms with van der Waals surface area (Å²) in [4.78, 5) is 24.5. The van der Waals surface area contributed by atoms with Crippen LogP contribution in [0.25, 0.3) is 0 Å². The van der Waals surface area contributed by atoms with Crippen LogP contribution in [0.15, 0.2) is 0 Å². The largest absolute Gasteiger partial charge is 0.370 e. The molecule has 0 saturated heterocycles. The van der Waals surface area contributed by atoms with Gasteiger partial charge in [0.25, 0.3) is 5.91 Å². The maximum absolute atomic E-state index is 11.7. The van der Waals surface area contributed by atoms with Gasteiger partial charge < -0.3 is 20.7 Å². The number of hydrogen-bond donors (Lipinski definition) is 2. The van der Waals surface area contributed by atoms with Gasteiger partial charge in [0.05, 0.1) is 6.54 Å². The highest BCUT2D eigenvalue weighted by atomic mass is 16.5. The van der Waals surface area contributed by atoms with E-state index in [1.807, 2.05) is 13.8 Å². The number of hydrogen-bond acceptors (Lipinski definition) is 4. The molecule has 0 rings (SSSR count). The Balaban J connectivity index is 4.11. The second-order valence-corrected chi connectivity index (χ2v) is 4.35. The van der Waals surface area contributed by atoms with E-state index in [9.17, 15) is 9.59 Å². The zero-order valence-corrected chi connectivity index (χ0v) is 11.0. The molecule has 100 valence electrons. The molecule has 2 amide bonds. The Bertz CT molecular complexity index is 252. The van der Waals surface area contributed by atoms with E-state index < -0.39 is 6.10 Å². The Morgan fingerprint density at radius 2 is 2.00 bits per heavy atom. The molecule has 17 heavy (non-hydrogen) atoms. The van der Waals surface area contributed by atoms with E-state index in [2.05, 4.69) is 5.32 Å². The van der Waals surface area contributed by atoms with E-state index in [1.165, 1.54) is 12.0 Å². The van der Waals surface area contributed by atoms with Gasteiger partial charge in [-0.15, -0.1) is 0 Å². The Hall–Kier alpha value is -1.14. The minimum absolute atomic E-state index is 0.0193. The summed E-state index contributed by atoms with van der Waals surface area (Å²) in [6, 6.07) is 0. The minimum Gasteiger partial charge on any atom is -0.370 e. The lowest BCUT2D eigenvalue weighted by Gasteiger charge is -2.21. The van der Waals surface area contributed by atoms with Crippen molar-refractivity contribution < 1.29 is 14.3 Å². The van der Waals surface area contributed by atoms with Gasteiger partial charge in [-0.05, 0) is 5.92 Å². The van der Waals surface area contributed by atoms with Crippen LogP contribution in [-0.4, -0.2) is 56.6 Å². The molecule has 0 aromatic carbocycles. The number of methoxy groups -OCH3 is 1. The van der Waals surface area contributed by atoms with Gasteiger partial charge in [-0.2, -0.15) is 0 Å². The van der Waals surface area contributed by atoms with Gasteiger partial charge in [-0.3, -0.25) is 9.59 Å². The van der Waals surface area contributed by atoms with Crippen molar-refractivity contribution in [3.63, 3.8) is 0 Å². The van der Waals surface area contributed by atoms with Crippen molar-refractivity contribution >= 4 is 11.8 Å². The van der Waals surface area contributed by atoms with Crippen molar-refractivity contribution in [1.82, 2.24) is 10.2 Å². The summed E-state index contributed by atoms with van der Waals surface area (Å²) in [7, 11) is 2.97. The number of carbonyl (C=O) groups excluding carboxylic acids is 2. The van der Waals surface area contributed by atoms with Crippen molar-refractivity contribution in [2.75, 3.05) is 33.8 Å². The molecule has 0 heterocycles. The first-order chi connectivity index (χ1) is 7.92. The van der Waals surface area contributed by atoms with Gasteiger partial charge >= 0.3 is 0 Å². The zero-order valence-electron chi connectivity index (χ0n) is 11.0. The first-order valence-corrected chi connectivity index (χ1v) is 5.66. The molecule has 6 nitrogen and oxygen atoms in total. The van der Waals surface area contributed by atoms with Crippen molar-refractivity contribution in [2.45, 2.75) is 20.0 Å². The lowest BCUT2D eigenvalue weighted by Crippen LogP contribution is -2.46. The lowest BCUT2D eigenvalue weighted by atomic mass is 10.2. The highest BCUT2D eigenvalue weighted by Crippen LogP contribution is 1.95. The maximum atomic E-state index is 11.7. The van der Waals surface area contributed by atoms with Crippen LogP contribution < -0.4 is 11.1 Å². The number of nitrogens with zero attached hydrogens (tertiary/aromatic N) is 1. The van der Waals surface area contributed by atoms with Crippen molar-refractivity contribution in [3.8, 4) is 0 Å². The van der Waals surface area contributed by atoms with Crippen molar-refractivity contribution in [2.24, 2.45) is 11.7 Å². The predicted octanol–water partition coefficient (Wildman–Crippen LogP) is -0.809. The van der Waals surface area contributed by atoms with E-state index in [0.29, 0.717) is 12.5 Å². The van der Waals surface area contributed by atoms with Gasteiger partial charge in [0, 0.05) is 27.2 Å². The van der Waals surface area contributed by atoms with E-state index in [0.717, 1.165) is 0 Å². The molecule has 1 atom stereocenters. The summed E-state index contributed by atoms with van der Waals surface area (Å²) in [5.74, 6) is -0.0770. The molecule has 0 aromatic heterocycles. The minimum atomic E-state index is -0.683. The van der Waals surface area contributed by atoms with Crippen LogP contribution in [-0.2, 0) is 14.3 Å². The average molecular weight is 245 g/mol. The number of carbonyl (C=O) groups is 2. The van der Waals surface area contributed by atoms with Gasteiger partial charge in [-0.1, -0.05) is 13.8 Å². The predicted molar refractivity (Wildman–Crippen MR) is 65.3 cm³/mol. The summed E-state index contributed by atoms with van der Waals surface area (Å²) in [6.07, 6.45) is -0.683. The first-order valence-electron chi connectivity index (χ1n) is 5.66. The van der Waals surface area contributed by atoms with Crippen LogP contribution in [0.5, 0.6) is 0 Å². The van der Waals surface area contributed by atoms with E-state index >= 15 is 0 Å². The summed E-state index contributed by atoms with van der Waals surface area (Å²) < 4.78 is 4.91. The molecule has 1 unspecified atom stereocenters. The highest BCUT2D eigenvalue weighted by molar-refractivity contribution is 5.86. The third-order valence-corrected chi connectivity index (χ3v) is 2.24. The van der Waals surface area contributed by atoms with Gasteiger partial charge in [-0.25, -0.2) is 0 Å². The summed E-state index contributed by atoms with van der Waals surface area (Å²) >= 11 is 0. The maximum Gasteiger partial charge on any atom is 0.253 e. The normalized spacial score (nSPS) is 12.4. The second kappa shape index (κ2) is 8.03. The monoisotopic (exact) mass is 245 g/mol. The molecule has 0 aliphatic heterocycles. The number of nitrogens with two attached hydrogens (primary N) is 1. The van der Waals surface area contributed by atoms with Crippen LogP contribution in [0.1, 0.15) is 13.8 Å². The number of ether oxygens (including phenoxy) is 1. The summed E-state index contributed by atoms with van der Waals surface area (Å²) in [5.41, 5.74) is 5.38. The third kappa shape index (κ3) is 6.23. The second-order valence-electron chi connectivity index (χ2n) is 4.35. The molecule has 3 N–H and O–H groups in total. The molecule has 6 heteroatoms. The molecule has 0 aliphatic carbocycles. The van der Waals surface area contributed by atoms with Gasteiger partial charge in [0.15, 0.2) is 0 Å². The summed E-state index contributed by atoms with van der Waals surface area (Å²) in [5, 5.41) is 2.74. The van der Waals surface area contributed by atoms with Crippen LogP contribution in [0.4, 0.5) is 0 Å².